The normalized spacial score (nSPS) is 16.1. The number of anilines is 1. The summed E-state index contributed by atoms with van der Waals surface area (Å²) in [5.41, 5.74) is 2.12. The molecule has 0 aliphatic carbocycles. The third-order valence-corrected chi connectivity index (χ3v) is 6.42. The first-order chi connectivity index (χ1) is 17.2. The van der Waals surface area contributed by atoms with E-state index in [2.05, 4.69) is 37.0 Å². The molecule has 0 radical (unpaired) electrons. The first-order valence-corrected chi connectivity index (χ1v) is 11.9. The summed E-state index contributed by atoms with van der Waals surface area (Å²) < 4.78 is 7.59. The number of hydrogen-bond donors (Lipinski definition) is 1. The van der Waals surface area contributed by atoms with Gasteiger partial charge in [0.25, 0.3) is 0 Å². The zero-order valence-corrected chi connectivity index (χ0v) is 19.6. The van der Waals surface area contributed by atoms with Gasteiger partial charge >= 0.3 is 0 Å². The molecule has 0 saturated carbocycles. The Kier molecular flexibility index (Phi) is 7.02. The van der Waals surface area contributed by atoms with Crippen LogP contribution in [0.4, 0.5) is 5.69 Å². The van der Waals surface area contributed by atoms with Crippen LogP contribution in [0.1, 0.15) is 11.1 Å². The van der Waals surface area contributed by atoms with Crippen LogP contribution in [0.25, 0.3) is 0 Å². The van der Waals surface area contributed by atoms with E-state index in [1.165, 1.54) is 12.0 Å². The quantitative estimate of drug-likeness (QED) is 0.403. The average molecular weight is 471 g/mol. The minimum Gasteiger partial charge on any atom is -0.489 e. The van der Waals surface area contributed by atoms with Crippen molar-refractivity contribution in [3.63, 3.8) is 0 Å². The summed E-state index contributed by atoms with van der Waals surface area (Å²) in [6.07, 6.45) is 6.70. The minimum atomic E-state index is -1.05. The largest absolute Gasteiger partial charge is 0.489 e. The van der Waals surface area contributed by atoms with Crippen molar-refractivity contribution in [3.8, 4) is 5.75 Å². The number of pyridine rings is 1. The smallest absolute Gasteiger partial charge is 0.137 e. The first-order valence-electron chi connectivity index (χ1n) is 11.9. The van der Waals surface area contributed by atoms with Crippen molar-refractivity contribution in [2.45, 2.75) is 18.8 Å². The van der Waals surface area contributed by atoms with Crippen LogP contribution < -0.4 is 9.64 Å². The molecule has 1 aliphatic rings. The molecule has 180 valence electrons. The van der Waals surface area contributed by atoms with E-state index in [-0.39, 0.29) is 0 Å². The van der Waals surface area contributed by atoms with Crippen LogP contribution >= 0.6 is 0 Å². The van der Waals surface area contributed by atoms with E-state index in [1.54, 1.807) is 23.4 Å². The highest BCUT2D eigenvalue weighted by atomic mass is 16.5. The lowest BCUT2D eigenvalue weighted by atomic mass is 9.92. The van der Waals surface area contributed by atoms with Crippen molar-refractivity contribution >= 4 is 5.69 Å². The molecule has 0 spiro atoms. The predicted octanol–water partition coefficient (Wildman–Crippen LogP) is 2.96. The van der Waals surface area contributed by atoms with Crippen LogP contribution in [0.5, 0.6) is 5.75 Å². The molecule has 1 saturated heterocycles. The fourth-order valence-corrected chi connectivity index (χ4v) is 4.50. The maximum absolute atomic E-state index is 11.7. The standard InChI is InChI=1S/C27H30N6O2/c34-27(20-33-22-29-21-30-33,24-4-2-1-3-5-24)19-31-14-16-32(17-15-31)25-6-8-26(9-7-25)35-18-23-10-12-28-13-11-23/h1-13,21-22,34H,14-20H2. The lowest BCUT2D eigenvalue weighted by Gasteiger charge is -2.40. The lowest BCUT2D eigenvalue weighted by molar-refractivity contribution is -0.0199. The number of nitrogens with zero attached hydrogens (tertiary/aromatic N) is 6. The van der Waals surface area contributed by atoms with Gasteiger partial charge in [-0.1, -0.05) is 30.3 Å². The van der Waals surface area contributed by atoms with Gasteiger partial charge in [-0.25, -0.2) is 9.67 Å². The highest BCUT2D eigenvalue weighted by Crippen LogP contribution is 2.26. The topological polar surface area (TPSA) is 79.5 Å². The van der Waals surface area contributed by atoms with Crippen LogP contribution in [0.15, 0.2) is 91.8 Å². The zero-order chi connectivity index (χ0) is 23.9. The Morgan fingerprint density at radius 1 is 0.829 bits per heavy atom. The maximum atomic E-state index is 11.7. The molecule has 5 rings (SSSR count). The Morgan fingerprint density at radius 3 is 2.26 bits per heavy atom. The second-order valence-electron chi connectivity index (χ2n) is 8.89. The van der Waals surface area contributed by atoms with Gasteiger partial charge in [-0.2, -0.15) is 5.10 Å². The molecule has 0 bridgehead atoms. The number of piperazine rings is 1. The molecule has 1 N–H and O–H groups in total. The number of aromatic nitrogens is 4. The van der Waals surface area contributed by atoms with Crippen LogP contribution in [0, 0.1) is 0 Å². The zero-order valence-electron chi connectivity index (χ0n) is 19.6. The van der Waals surface area contributed by atoms with E-state index in [4.69, 9.17) is 4.74 Å². The number of ether oxygens (including phenoxy) is 1. The summed E-state index contributed by atoms with van der Waals surface area (Å²) in [6.45, 7) is 4.94. The molecular formula is C27H30N6O2. The fourth-order valence-electron chi connectivity index (χ4n) is 4.50. The van der Waals surface area contributed by atoms with E-state index in [1.807, 2.05) is 54.6 Å². The van der Waals surface area contributed by atoms with E-state index in [9.17, 15) is 5.11 Å². The fraction of sp³-hybridized carbons (Fsp3) is 0.296. The van der Waals surface area contributed by atoms with Crippen LogP contribution in [-0.4, -0.2) is 62.5 Å². The molecule has 35 heavy (non-hydrogen) atoms. The first kappa shape index (κ1) is 23.0. The Balaban J connectivity index is 1.18. The predicted molar refractivity (Wildman–Crippen MR) is 134 cm³/mol. The SMILES string of the molecule is OC(CN1CCN(c2ccc(OCc3ccncc3)cc2)CC1)(Cn1cncn1)c1ccccc1. The number of β-amino-alcohol motifs (C(OH)–C–C–N with tert-alkyl or cyclic N) is 1. The van der Waals surface area contributed by atoms with Gasteiger partial charge in [0.1, 0.15) is 30.6 Å². The molecule has 8 nitrogen and oxygen atoms in total. The molecule has 3 heterocycles. The number of aliphatic hydroxyl groups is 1. The van der Waals surface area contributed by atoms with Gasteiger partial charge < -0.3 is 14.7 Å². The van der Waals surface area contributed by atoms with E-state index < -0.39 is 5.60 Å². The van der Waals surface area contributed by atoms with Crippen molar-refractivity contribution in [2.24, 2.45) is 0 Å². The van der Waals surface area contributed by atoms with Crippen molar-refractivity contribution in [1.29, 1.82) is 0 Å². The summed E-state index contributed by atoms with van der Waals surface area (Å²) in [4.78, 5) is 12.8. The van der Waals surface area contributed by atoms with Crippen LogP contribution in [-0.2, 0) is 18.8 Å². The van der Waals surface area contributed by atoms with Gasteiger partial charge in [0, 0.05) is 50.8 Å². The van der Waals surface area contributed by atoms with E-state index >= 15 is 0 Å². The molecule has 1 fully saturated rings. The van der Waals surface area contributed by atoms with Crippen molar-refractivity contribution in [3.05, 3.63) is 103 Å². The molecule has 1 unspecified atom stereocenters. The summed E-state index contributed by atoms with van der Waals surface area (Å²) in [6, 6.07) is 22.0. The molecule has 8 heteroatoms. The van der Waals surface area contributed by atoms with Gasteiger partial charge in [0.15, 0.2) is 0 Å². The van der Waals surface area contributed by atoms with Gasteiger partial charge in [0.2, 0.25) is 0 Å². The van der Waals surface area contributed by atoms with Crippen LogP contribution in [0.2, 0.25) is 0 Å². The molecular weight excluding hydrogens is 440 g/mol. The Bertz CT molecular complexity index is 1160. The van der Waals surface area contributed by atoms with Crippen molar-refractivity contribution in [2.75, 3.05) is 37.6 Å². The van der Waals surface area contributed by atoms with Crippen molar-refractivity contribution < 1.29 is 9.84 Å². The van der Waals surface area contributed by atoms with E-state index in [0.717, 1.165) is 43.1 Å². The van der Waals surface area contributed by atoms with Gasteiger partial charge in [-0.3, -0.25) is 9.88 Å². The Hall–Kier alpha value is -3.75. The molecule has 1 aliphatic heterocycles. The molecule has 2 aromatic carbocycles. The van der Waals surface area contributed by atoms with Crippen molar-refractivity contribution in [1.82, 2.24) is 24.6 Å². The third kappa shape index (κ3) is 5.85. The second-order valence-corrected chi connectivity index (χ2v) is 8.89. The number of hydrogen-bond acceptors (Lipinski definition) is 7. The van der Waals surface area contributed by atoms with Gasteiger partial charge in [0.05, 0.1) is 6.54 Å². The highest BCUT2D eigenvalue weighted by molar-refractivity contribution is 5.49. The second kappa shape index (κ2) is 10.7. The molecule has 2 aromatic heterocycles. The minimum absolute atomic E-state index is 0.359. The summed E-state index contributed by atoms with van der Waals surface area (Å²) >= 11 is 0. The number of rotatable bonds is 9. The monoisotopic (exact) mass is 470 g/mol. The lowest BCUT2D eigenvalue weighted by Crippen LogP contribution is -2.52. The molecule has 0 amide bonds. The Morgan fingerprint density at radius 2 is 1.57 bits per heavy atom. The van der Waals surface area contributed by atoms with Gasteiger partial charge in [-0.15, -0.1) is 0 Å². The number of benzene rings is 2. The maximum Gasteiger partial charge on any atom is 0.137 e. The third-order valence-electron chi connectivity index (χ3n) is 6.42. The Labute approximate surface area is 205 Å². The molecule has 4 aromatic rings. The summed E-state index contributed by atoms with van der Waals surface area (Å²) in [5.74, 6) is 0.852. The molecule has 1 atom stereocenters. The average Bonchev–Trinajstić information content (AvgIpc) is 3.42. The summed E-state index contributed by atoms with van der Waals surface area (Å²) in [7, 11) is 0. The van der Waals surface area contributed by atoms with Gasteiger partial charge in [-0.05, 0) is 47.5 Å². The summed E-state index contributed by atoms with van der Waals surface area (Å²) in [5, 5.41) is 15.9. The van der Waals surface area contributed by atoms with Crippen LogP contribution in [0.3, 0.4) is 0 Å². The van der Waals surface area contributed by atoms with E-state index in [0.29, 0.717) is 19.7 Å². The highest BCUT2D eigenvalue weighted by Gasteiger charge is 2.34.